The molecule has 0 unspecified atom stereocenters. The predicted octanol–water partition coefficient (Wildman–Crippen LogP) is 12.6. The lowest BCUT2D eigenvalue weighted by molar-refractivity contribution is 0.669. The molecule has 0 fully saturated rings. The molecule has 0 bridgehead atoms. The molecule has 1 heterocycles. The van der Waals surface area contributed by atoms with Gasteiger partial charge in [0.1, 0.15) is 11.2 Å². The normalized spacial score (nSPS) is 20.3. The number of fused-ring (bicyclic) bond motifs is 5. The molecule has 45 heavy (non-hydrogen) atoms. The lowest BCUT2D eigenvalue weighted by Crippen LogP contribution is -1.90. The summed E-state index contributed by atoms with van der Waals surface area (Å²) >= 11 is 0. The van der Waals surface area contributed by atoms with Crippen molar-refractivity contribution in [2.75, 3.05) is 0 Å². The van der Waals surface area contributed by atoms with Gasteiger partial charge in [0.05, 0.1) is 38.4 Å². The van der Waals surface area contributed by atoms with Gasteiger partial charge in [0.2, 0.25) is 0 Å². The van der Waals surface area contributed by atoms with Gasteiger partial charge < -0.3 is 4.42 Å². The number of benzene rings is 8. The predicted molar refractivity (Wildman–Crippen MR) is 190 cm³/mol. The summed E-state index contributed by atoms with van der Waals surface area (Å²) in [5.74, 6) is 0. The first-order valence-corrected chi connectivity index (χ1v) is 13.2. The van der Waals surface area contributed by atoms with Crippen molar-refractivity contribution in [3.63, 3.8) is 0 Å². The van der Waals surface area contributed by atoms with Crippen LogP contribution < -0.4 is 0 Å². The molecular formula is C44H28O. The summed E-state index contributed by atoms with van der Waals surface area (Å²) in [6, 6.07) is -26.5. The molecule has 0 atom stereocenters. The first-order chi connectivity index (χ1) is 34.0. The third kappa shape index (κ3) is 4.17. The van der Waals surface area contributed by atoms with Gasteiger partial charge >= 0.3 is 0 Å². The molecule has 1 heteroatoms. The topological polar surface area (TPSA) is 13.1 Å². The van der Waals surface area contributed by atoms with E-state index in [4.69, 9.17) is 29.1 Å². The molecule has 0 spiro atoms. The van der Waals surface area contributed by atoms with Crippen LogP contribution in [0.15, 0.2) is 174 Å². The van der Waals surface area contributed by atoms with E-state index in [2.05, 4.69) is 0 Å². The van der Waals surface area contributed by atoms with Crippen molar-refractivity contribution in [2.24, 2.45) is 0 Å². The molecule has 0 amide bonds. The molecule has 9 rings (SSSR count). The Hall–Kier alpha value is -5.92. The third-order valence-electron chi connectivity index (χ3n) is 7.07. The molecule has 9 aromatic rings. The van der Waals surface area contributed by atoms with E-state index in [1.54, 1.807) is 0 Å². The minimum absolute atomic E-state index is 0.566. The van der Waals surface area contributed by atoms with Crippen molar-refractivity contribution < 1.29 is 42.8 Å². The molecule has 8 aromatic carbocycles. The molecule has 0 aliphatic heterocycles. The molecule has 0 saturated heterocycles. The number of hydrogen-bond acceptors (Lipinski definition) is 1. The Morgan fingerprint density at radius 2 is 0.822 bits per heavy atom. The van der Waals surface area contributed by atoms with Crippen molar-refractivity contribution in [3.8, 4) is 44.5 Å². The van der Waals surface area contributed by atoms with Crippen LogP contribution in [-0.2, 0) is 0 Å². The van der Waals surface area contributed by atoms with Crippen LogP contribution in [0.25, 0.3) is 88.0 Å². The molecule has 1 aromatic heterocycles. The van der Waals surface area contributed by atoms with Crippen LogP contribution in [0, 0.1) is 0 Å². The zero-order chi connectivity index (χ0) is 54.1. The quantitative estimate of drug-likeness (QED) is 0.183. The van der Waals surface area contributed by atoms with Gasteiger partial charge in [-0.2, -0.15) is 0 Å². The van der Waals surface area contributed by atoms with Gasteiger partial charge in [-0.3, -0.25) is 0 Å². The highest BCUT2D eigenvalue weighted by molar-refractivity contribution is 6.21. The van der Waals surface area contributed by atoms with Gasteiger partial charge in [-0.05, 0) is 84.2 Å². The maximum atomic E-state index is 9.61. The van der Waals surface area contributed by atoms with Gasteiger partial charge in [-0.15, -0.1) is 0 Å². The summed E-state index contributed by atoms with van der Waals surface area (Å²) in [5.41, 5.74) is -7.35. The minimum Gasteiger partial charge on any atom is -0.456 e. The smallest absolute Gasteiger partial charge is 0.136 e. The Kier molecular flexibility index (Phi) is 2.32. The van der Waals surface area contributed by atoms with E-state index in [-0.39, 0.29) is 0 Å². The van der Waals surface area contributed by atoms with Crippen LogP contribution in [0.1, 0.15) is 38.4 Å². The molecule has 0 N–H and O–H groups in total. The summed E-state index contributed by atoms with van der Waals surface area (Å²) in [5, 5.41) is -4.01. The summed E-state index contributed by atoms with van der Waals surface area (Å²) in [7, 11) is 0. The number of furan rings is 1. The second-order valence-corrected chi connectivity index (χ2v) is 9.51. The molecule has 210 valence electrons. The minimum atomic E-state index is -1.11. The van der Waals surface area contributed by atoms with Gasteiger partial charge in [-0.1, -0.05) is 151 Å². The zero-order valence-electron chi connectivity index (χ0n) is 50.4. The van der Waals surface area contributed by atoms with Crippen molar-refractivity contribution in [1.82, 2.24) is 0 Å². The van der Waals surface area contributed by atoms with Crippen LogP contribution in [0.5, 0.6) is 0 Å². The highest BCUT2D eigenvalue weighted by atomic mass is 16.3. The van der Waals surface area contributed by atoms with Crippen molar-refractivity contribution in [1.29, 1.82) is 0 Å². The Labute approximate surface area is 301 Å². The maximum absolute atomic E-state index is 9.61. The van der Waals surface area contributed by atoms with E-state index in [1.807, 2.05) is 0 Å². The number of rotatable bonds is 4. The second kappa shape index (κ2) is 10.4. The van der Waals surface area contributed by atoms with Crippen LogP contribution in [0.2, 0.25) is 0 Å². The molecule has 0 aliphatic rings. The monoisotopic (exact) mass is 600 g/mol. The Morgan fingerprint density at radius 1 is 0.333 bits per heavy atom. The fourth-order valence-electron chi connectivity index (χ4n) is 5.20. The second-order valence-electron chi connectivity index (χ2n) is 9.51. The Morgan fingerprint density at radius 3 is 1.42 bits per heavy atom. The lowest BCUT2D eigenvalue weighted by Gasteiger charge is -2.18. The first-order valence-electron chi connectivity index (χ1n) is 27.2. The highest BCUT2D eigenvalue weighted by Crippen LogP contribution is 2.44. The molecule has 1 nitrogen and oxygen atoms in total. The highest BCUT2D eigenvalue weighted by Gasteiger charge is 2.17. The fourth-order valence-corrected chi connectivity index (χ4v) is 5.20. The number of hydrogen-bond donors (Lipinski definition) is 0. The first kappa shape index (κ1) is 10.1. The summed E-state index contributed by atoms with van der Waals surface area (Å²) in [4.78, 5) is 0. The fraction of sp³-hybridized carbons (Fsp3) is 0. The van der Waals surface area contributed by atoms with E-state index < -0.39 is 257 Å². The molecule has 0 saturated carbocycles. The summed E-state index contributed by atoms with van der Waals surface area (Å²) in [6.07, 6.45) is 0. The van der Waals surface area contributed by atoms with E-state index in [1.165, 1.54) is 0 Å². The van der Waals surface area contributed by atoms with Gasteiger partial charge in [0.25, 0.3) is 0 Å². The van der Waals surface area contributed by atoms with E-state index in [9.17, 15) is 13.7 Å². The summed E-state index contributed by atoms with van der Waals surface area (Å²) < 4.78 is 255. The van der Waals surface area contributed by atoms with Crippen LogP contribution in [0.3, 0.4) is 0 Å². The standard InChI is InChI=1S/C44H28O/c1-3-12-29(13-4-1)33-26-27-40-39(28-33)44-34(20-11-21-41(44)45-40)30-22-24-32(25-23-30)43-37-18-9-7-16-35(37)42(31-14-5-2-6-15-31)36-17-8-10-19-38(36)43/h1-28H/i1D,2D,3D,4D,5D,6D,7D,8D,9D,10D,11D,12D,13D,14D,15D,16D,17D,18D,19D,20D,21D,22D,23D,24D,25D,26D,27D,28D. The van der Waals surface area contributed by atoms with Crippen molar-refractivity contribution in [3.05, 3.63) is 169 Å². The van der Waals surface area contributed by atoms with Crippen molar-refractivity contribution in [2.45, 2.75) is 0 Å². The van der Waals surface area contributed by atoms with E-state index in [0.29, 0.717) is 0 Å². The SMILES string of the molecule is [2H]c1c([2H])c([2H])c(-c2c([2H])c([2H])c3oc4c([2H])c([2H])c([2H])c(-c5c([2H])c([2H])c(-c6c7c([2H])c([2H])c([2H])c([2H])c7c(-c7c([2H])c([2H])c([2H])c([2H])c7[2H])c7c([2H])c([2H])c([2H])c([2H])c67)c([2H])c5[2H])c4c3c2[2H])c([2H])c1[2H]. The lowest BCUT2D eigenvalue weighted by atomic mass is 9.85. The average Bonchev–Trinajstić information content (AvgIpc) is 3.77. The van der Waals surface area contributed by atoms with Crippen molar-refractivity contribution >= 4 is 43.5 Å². The molecule has 0 radical (unpaired) electrons. The van der Waals surface area contributed by atoms with Crippen LogP contribution >= 0.6 is 0 Å². The third-order valence-corrected chi connectivity index (χ3v) is 7.07. The Bertz CT molecular complexity index is 3950. The van der Waals surface area contributed by atoms with Gasteiger partial charge in [0, 0.05) is 10.8 Å². The van der Waals surface area contributed by atoms with Crippen LogP contribution in [0.4, 0.5) is 0 Å². The molecule has 0 aliphatic carbocycles. The zero-order valence-corrected chi connectivity index (χ0v) is 22.4. The van der Waals surface area contributed by atoms with E-state index in [0.717, 1.165) is 0 Å². The molecular weight excluding hydrogens is 544 g/mol. The van der Waals surface area contributed by atoms with Gasteiger partial charge in [-0.25, -0.2) is 0 Å². The average molecular weight is 601 g/mol. The van der Waals surface area contributed by atoms with Gasteiger partial charge in [0.15, 0.2) is 0 Å². The summed E-state index contributed by atoms with van der Waals surface area (Å²) in [6.45, 7) is 0. The van der Waals surface area contributed by atoms with E-state index >= 15 is 0 Å². The maximum Gasteiger partial charge on any atom is 0.136 e. The largest absolute Gasteiger partial charge is 0.456 e. The van der Waals surface area contributed by atoms with Crippen LogP contribution in [-0.4, -0.2) is 0 Å². The Balaban J connectivity index is 1.51.